The molecule has 1 unspecified atom stereocenters. The molecule has 0 N–H and O–H groups in total. The van der Waals surface area contributed by atoms with Gasteiger partial charge in [-0.1, -0.05) is 18.7 Å². The Hall–Kier alpha value is -0.555. The third-order valence-electron chi connectivity index (χ3n) is 4.36. The molecule has 1 heterocycles. The number of sulfonamides is 1. The molecule has 0 bridgehead atoms. The van der Waals surface area contributed by atoms with Crippen LogP contribution < -0.4 is 0 Å². The quantitative estimate of drug-likeness (QED) is 0.704. The second-order valence-corrected chi connectivity index (χ2v) is 7.73. The van der Waals surface area contributed by atoms with Gasteiger partial charge in [-0.05, 0) is 19.3 Å². The lowest BCUT2D eigenvalue weighted by Crippen LogP contribution is -2.45. The fraction of sp³-hybridized carbons (Fsp3) is 0.917. The van der Waals surface area contributed by atoms with Crippen LogP contribution in [0.1, 0.15) is 32.1 Å². The fourth-order valence-electron chi connectivity index (χ4n) is 3.03. The van der Waals surface area contributed by atoms with Gasteiger partial charge in [0.15, 0.2) is 0 Å². The van der Waals surface area contributed by atoms with Crippen LogP contribution in [0.4, 0.5) is 0 Å². The monoisotopic (exact) mass is 284 g/mol. The van der Waals surface area contributed by atoms with Crippen LogP contribution >= 0.6 is 0 Å². The molecule has 2 aliphatic rings. The Kier molecular flexibility index (Phi) is 4.25. The highest BCUT2D eigenvalue weighted by atomic mass is 32.2. The van der Waals surface area contributed by atoms with Crippen LogP contribution in [0.5, 0.6) is 0 Å². The smallest absolute Gasteiger partial charge is 0.241 e. The first-order valence-corrected chi connectivity index (χ1v) is 8.64. The Morgan fingerprint density at radius 2 is 1.79 bits per heavy atom. The van der Waals surface area contributed by atoms with Crippen LogP contribution in [0, 0.1) is 0 Å². The molecule has 19 heavy (non-hydrogen) atoms. The summed E-state index contributed by atoms with van der Waals surface area (Å²) in [6, 6.07) is -0.282. The number of amides is 1. The summed E-state index contributed by atoms with van der Waals surface area (Å²) < 4.78 is 24.3. The molecule has 1 saturated heterocycles. The molecular weight excluding hydrogens is 263 g/mol. The van der Waals surface area contributed by atoms with E-state index in [9.17, 15) is 13.2 Å². The number of hydrogen-bond acceptors (Lipinski definition) is 3. The Morgan fingerprint density at radius 3 is 2.32 bits per heavy atom. The van der Waals surface area contributed by atoms with Gasteiger partial charge in [0.1, 0.15) is 6.04 Å². The Balaban J connectivity index is 2.02. The van der Waals surface area contributed by atoms with Crippen molar-refractivity contribution in [3.8, 4) is 0 Å². The lowest BCUT2D eigenvalue weighted by Gasteiger charge is -2.34. The number of rotatable bonds is 3. The molecule has 1 aliphatic heterocycles. The summed E-state index contributed by atoms with van der Waals surface area (Å²) in [4.78, 5) is 14.2. The standard InChI is InChI=1S/C12H21BN2O3S/c1-14(19(2,17)18)11-7-8-15(12(11)16)10-5-3-9(13)4-6-10/h9-11H,3-8H2,1-2H3. The van der Waals surface area contributed by atoms with Crippen molar-refractivity contribution in [1.29, 1.82) is 0 Å². The topological polar surface area (TPSA) is 57.7 Å². The van der Waals surface area contributed by atoms with E-state index in [1.165, 1.54) is 11.4 Å². The number of carbonyl (C=O) groups is 1. The number of nitrogens with zero attached hydrogens (tertiary/aromatic N) is 2. The van der Waals surface area contributed by atoms with E-state index in [0.717, 1.165) is 31.9 Å². The minimum absolute atomic E-state index is 0.0478. The number of likely N-dealkylation sites (tertiary alicyclic amines) is 1. The molecule has 0 aromatic rings. The first-order chi connectivity index (χ1) is 8.80. The molecule has 2 fully saturated rings. The van der Waals surface area contributed by atoms with Crippen LogP contribution in [-0.4, -0.2) is 63.3 Å². The highest BCUT2D eigenvalue weighted by molar-refractivity contribution is 7.88. The molecule has 0 aromatic carbocycles. The van der Waals surface area contributed by atoms with Crippen LogP contribution in [-0.2, 0) is 14.8 Å². The van der Waals surface area contributed by atoms with Crippen LogP contribution in [0.25, 0.3) is 0 Å². The van der Waals surface area contributed by atoms with Crippen molar-refractivity contribution in [3.05, 3.63) is 0 Å². The van der Waals surface area contributed by atoms with Crippen molar-refractivity contribution in [2.24, 2.45) is 0 Å². The van der Waals surface area contributed by atoms with Gasteiger partial charge in [0.05, 0.1) is 14.1 Å². The van der Waals surface area contributed by atoms with Gasteiger partial charge in [-0.25, -0.2) is 8.42 Å². The summed E-state index contributed by atoms with van der Waals surface area (Å²) in [5.74, 6) is 0.205. The van der Waals surface area contributed by atoms with Crippen molar-refractivity contribution < 1.29 is 13.2 Å². The first-order valence-electron chi connectivity index (χ1n) is 6.79. The van der Waals surface area contributed by atoms with E-state index < -0.39 is 16.1 Å². The largest absolute Gasteiger partial charge is 0.338 e. The zero-order valence-corrected chi connectivity index (χ0v) is 12.4. The Morgan fingerprint density at radius 1 is 1.21 bits per heavy atom. The molecular formula is C12H21BN2O3S. The minimum Gasteiger partial charge on any atom is -0.338 e. The third-order valence-corrected chi connectivity index (χ3v) is 5.66. The molecule has 5 nitrogen and oxygen atoms in total. The van der Waals surface area contributed by atoms with E-state index in [2.05, 4.69) is 0 Å². The molecule has 0 aromatic heterocycles. The van der Waals surface area contributed by atoms with E-state index in [0.29, 0.717) is 13.0 Å². The second kappa shape index (κ2) is 5.44. The number of likely N-dealkylation sites (N-methyl/N-ethyl adjacent to an activating group) is 1. The highest BCUT2D eigenvalue weighted by Gasteiger charge is 2.41. The molecule has 2 radical (unpaired) electrons. The maximum absolute atomic E-state index is 12.4. The molecule has 0 spiro atoms. The van der Waals surface area contributed by atoms with Gasteiger partial charge in [-0.3, -0.25) is 4.79 Å². The summed E-state index contributed by atoms with van der Waals surface area (Å²) in [6.45, 7) is 0.656. The van der Waals surface area contributed by atoms with Gasteiger partial charge in [0.2, 0.25) is 15.9 Å². The molecule has 1 atom stereocenters. The number of hydrogen-bond donors (Lipinski definition) is 0. The molecule has 1 saturated carbocycles. The van der Waals surface area contributed by atoms with Gasteiger partial charge < -0.3 is 4.90 Å². The maximum atomic E-state index is 12.4. The minimum atomic E-state index is -3.32. The van der Waals surface area contributed by atoms with Crippen LogP contribution in [0.15, 0.2) is 0 Å². The Bertz CT molecular complexity index is 446. The molecule has 2 rings (SSSR count). The van der Waals surface area contributed by atoms with Gasteiger partial charge in [-0.15, -0.1) is 0 Å². The molecule has 7 heteroatoms. The predicted molar refractivity (Wildman–Crippen MR) is 74.5 cm³/mol. The SMILES string of the molecule is [B]C1CCC(N2CCC(N(C)S(C)(=O)=O)C2=O)CC1. The second-order valence-electron chi connectivity index (χ2n) is 5.68. The average Bonchev–Trinajstić information content (AvgIpc) is 2.70. The van der Waals surface area contributed by atoms with Gasteiger partial charge >= 0.3 is 0 Å². The van der Waals surface area contributed by atoms with Gasteiger partial charge in [-0.2, -0.15) is 4.31 Å². The normalized spacial score (nSPS) is 33.1. The summed E-state index contributed by atoms with van der Waals surface area (Å²) in [5.41, 5.74) is 0. The van der Waals surface area contributed by atoms with E-state index in [4.69, 9.17) is 7.85 Å². The van der Waals surface area contributed by atoms with E-state index in [1.807, 2.05) is 4.90 Å². The first kappa shape index (κ1) is 14.8. The lowest BCUT2D eigenvalue weighted by atomic mass is 9.74. The van der Waals surface area contributed by atoms with Crippen LogP contribution in [0.3, 0.4) is 0 Å². The zero-order valence-electron chi connectivity index (χ0n) is 11.6. The zero-order chi connectivity index (χ0) is 14.2. The van der Waals surface area contributed by atoms with Crippen molar-refractivity contribution in [2.45, 2.75) is 50.0 Å². The van der Waals surface area contributed by atoms with E-state index >= 15 is 0 Å². The van der Waals surface area contributed by atoms with Crippen molar-refractivity contribution in [3.63, 3.8) is 0 Å². The maximum Gasteiger partial charge on any atom is 0.241 e. The fourth-order valence-corrected chi connectivity index (χ4v) is 3.69. The number of carbonyl (C=O) groups excluding carboxylic acids is 1. The van der Waals surface area contributed by atoms with Crippen molar-refractivity contribution in [1.82, 2.24) is 9.21 Å². The summed E-state index contributed by atoms with van der Waals surface area (Å²) in [5, 5.41) is 0. The summed E-state index contributed by atoms with van der Waals surface area (Å²) >= 11 is 0. The highest BCUT2D eigenvalue weighted by Crippen LogP contribution is 2.32. The third kappa shape index (κ3) is 3.13. The summed E-state index contributed by atoms with van der Waals surface area (Å²) in [6.07, 6.45) is 5.49. The predicted octanol–water partition coefficient (Wildman–Crippen LogP) is 0.378. The van der Waals surface area contributed by atoms with E-state index in [1.54, 1.807) is 0 Å². The summed E-state index contributed by atoms with van der Waals surface area (Å²) in [7, 11) is 4.04. The average molecular weight is 284 g/mol. The molecule has 106 valence electrons. The lowest BCUT2D eigenvalue weighted by molar-refractivity contribution is -0.133. The van der Waals surface area contributed by atoms with Crippen molar-refractivity contribution in [2.75, 3.05) is 19.8 Å². The van der Waals surface area contributed by atoms with Gasteiger partial charge in [0, 0.05) is 19.6 Å². The molecule has 1 amide bonds. The van der Waals surface area contributed by atoms with Crippen molar-refractivity contribution >= 4 is 23.8 Å². The van der Waals surface area contributed by atoms with E-state index in [-0.39, 0.29) is 17.8 Å². The van der Waals surface area contributed by atoms with Gasteiger partial charge in [0.25, 0.3) is 0 Å². The van der Waals surface area contributed by atoms with Crippen LogP contribution in [0.2, 0.25) is 5.82 Å². The Labute approximate surface area is 116 Å². The molecule has 1 aliphatic carbocycles.